The van der Waals surface area contributed by atoms with Crippen molar-refractivity contribution in [2.45, 2.75) is 11.3 Å². The lowest BCUT2D eigenvalue weighted by atomic mass is 10.1. The summed E-state index contributed by atoms with van der Waals surface area (Å²) in [6.07, 6.45) is 0. The number of ketones is 1. The fourth-order valence-electron chi connectivity index (χ4n) is 2.20. The lowest BCUT2D eigenvalue weighted by molar-refractivity contribution is -0.113. The summed E-state index contributed by atoms with van der Waals surface area (Å²) in [5.74, 6) is -0.375. The van der Waals surface area contributed by atoms with Crippen LogP contribution < -0.4 is 10.6 Å². The maximum absolute atomic E-state index is 12.2. The molecule has 1 heterocycles. The molecule has 0 fully saturated rings. The zero-order valence-corrected chi connectivity index (χ0v) is 18.4. The standard InChI is InChI=1S/C19H15BrN4O3S2/c1-11(25)12-4-8-15(9-5-12)21-16(26)10-28-19-24-23-18(29-19)22-17(27)13-2-6-14(20)7-3-13/h2-9H,10H2,1H3,(H,21,26)(H,22,23,27). The Hall–Kier alpha value is -2.56. The Morgan fingerprint density at radius 2 is 1.62 bits per heavy atom. The number of carbonyl (C=O) groups excluding carboxylic acids is 3. The lowest BCUT2D eigenvalue weighted by Gasteiger charge is -2.04. The second-order valence-corrected chi connectivity index (χ2v) is 8.92. The summed E-state index contributed by atoms with van der Waals surface area (Å²) in [7, 11) is 0. The Balaban J connectivity index is 1.49. The maximum Gasteiger partial charge on any atom is 0.257 e. The van der Waals surface area contributed by atoms with Crippen molar-refractivity contribution in [1.82, 2.24) is 10.2 Å². The van der Waals surface area contributed by atoms with Gasteiger partial charge in [0.2, 0.25) is 11.0 Å². The first-order valence-electron chi connectivity index (χ1n) is 8.35. The molecular formula is C19H15BrN4O3S2. The Morgan fingerprint density at radius 3 is 2.28 bits per heavy atom. The summed E-state index contributed by atoms with van der Waals surface area (Å²) in [6, 6.07) is 13.6. The second kappa shape index (κ2) is 9.77. The van der Waals surface area contributed by atoms with Crippen molar-refractivity contribution in [3.63, 3.8) is 0 Å². The molecule has 0 saturated carbocycles. The summed E-state index contributed by atoms with van der Waals surface area (Å²) in [6.45, 7) is 1.49. The predicted molar refractivity (Wildman–Crippen MR) is 118 cm³/mol. The average molecular weight is 491 g/mol. The number of anilines is 2. The molecule has 0 unspecified atom stereocenters. The van der Waals surface area contributed by atoms with Gasteiger partial charge in [-0.1, -0.05) is 39.0 Å². The summed E-state index contributed by atoms with van der Waals surface area (Å²) in [5.41, 5.74) is 1.71. The number of rotatable bonds is 7. The summed E-state index contributed by atoms with van der Waals surface area (Å²) < 4.78 is 1.45. The third kappa shape index (κ3) is 6.21. The molecule has 0 aliphatic heterocycles. The normalized spacial score (nSPS) is 10.4. The van der Waals surface area contributed by atoms with E-state index in [9.17, 15) is 14.4 Å². The highest BCUT2D eigenvalue weighted by molar-refractivity contribution is 9.10. The van der Waals surface area contributed by atoms with Gasteiger partial charge in [-0.2, -0.15) is 0 Å². The zero-order valence-electron chi connectivity index (χ0n) is 15.1. The quantitative estimate of drug-likeness (QED) is 0.287. The van der Waals surface area contributed by atoms with Gasteiger partial charge in [-0.3, -0.25) is 19.7 Å². The van der Waals surface area contributed by atoms with Gasteiger partial charge in [-0.15, -0.1) is 10.2 Å². The molecule has 3 aromatic rings. The van der Waals surface area contributed by atoms with Crippen molar-refractivity contribution in [1.29, 1.82) is 0 Å². The molecule has 148 valence electrons. The van der Waals surface area contributed by atoms with E-state index in [1.165, 1.54) is 30.0 Å². The van der Waals surface area contributed by atoms with Gasteiger partial charge < -0.3 is 5.32 Å². The highest BCUT2D eigenvalue weighted by Crippen LogP contribution is 2.26. The van der Waals surface area contributed by atoms with Crippen molar-refractivity contribution in [3.8, 4) is 0 Å². The van der Waals surface area contributed by atoms with Gasteiger partial charge in [0.1, 0.15) is 0 Å². The molecule has 0 bridgehead atoms. The lowest BCUT2D eigenvalue weighted by Crippen LogP contribution is -2.14. The zero-order chi connectivity index (χ0) is 20.8. The van der Waals surface area contributed by atoms with Crippen LogP contribution in [0, 0.1) is 0 Å². The van der Waals surface area contributed by atoms with Crippen molar-refractivity contribution in [2.75, 3.05) is 16.4 Å². The van der Waals surface area contributed by atoms with E-state index in [0.29, 0.717) is 26.3 Å². The number of Topliss-reactive ketones (excluding diaryl/α,β-unsaturated/α-hetero) is 1. The number of amides is 2. The van der Waals surface area contributed by atoms with E-state index < -0.39 is 0 Å². The molecule has 0 atom stereocenters. The first-order chi connectivity index (χ1) is 13.9. The first-order valence-corrected chi connectivity index (χ1v) is 10.9. The van der Waals surface area contributed by atoms with E-state index in [0.717, 1.165) is 4.47 Å². The molecule has 0 spiro atoms. The number of aromatic nitrogens is 2. The minimum atomic E-state index is -0.281. The minimum Gasteiger partial charge on any atom is -0.325 e. The largest absolute Gasteiger partial charge is 0.325 e. The molecule has 0 saturated heterocycles. The molecule has 2 aromatic carbocycles. The van der Waals surface area contributed by atoms with E-state index >= 15 is 0 Å². The fraction of sp³-hybridized carbons (Fsp3) is 0.105. The third-order valence-electron chi connectivity index (χ3n) is 3.64. The van der Waals surface area contributed by atoms with Crippen molar-refractivity contribution in [2.24, 2.45) is 0 Å². The number of nitrogens with one attached hydrogen (secondary N) is 2. The molecule has 0 aliphatic rings. The second-order valence-electron chi connectivity index (χ2n) is 5.80. The fourth-order valence-corrected chi connectivity index (χ4v) is 4.01. The number of thioether (sulfide) groups is 1. The maximum atomic E-state index is 12.2. The third-order valence-corrected chi connectivity index (χ3v) is 6.14. The SMILES string of the molecule is CC(=O)c1ccc(NC(=O)CSc2nnc(NC(=O)c3ccc(Br)cc3)s2)cc1. The molecule has 2 N–H and O–H groups in total. The van der Waals surface area contributed by atoms with Crippen LogP contribution in [-0.2, 0) is 4.79 Å². The Labute approximate surface area is 183 Å². The van der Waals surface area contributed by atoms with Gasteiger partial charge in [0.15, 0.2) is 10.1 Å². The van der Waals surface area contributed by atoms with Crippen LogP contribution >= 0.6 is 39.0 Å². The van der Waals surface area contributed by atoms with Crippen LogP contribution in [0.3, 0.4) is 0 Å². The van der Waals surface area contributed by atoms with Gasteiger partial charge >= 0.3 is 0 Å². The average Bonchev–Trinajstić information content (AvgIpc) is 3.14. The molecule has 0 aliphatic carbocycles. The number of hydrogen-bond acceptors (Lipinski definition) is 7. The molecule has 29 heavy (non-hydrogen) atoms. The molecule has 1 aromatic heterocycles. The number of carbonyl (C=O) groups is 3. The molecule has 10 heteroatoms. The van der Waals surface area contributed by atoms with Gasteiger partial charge in [0.25, 0.3) is 5.91 Å². The number of hydrogen-bond donors (Lipinski definition) is 2. The van der Waals surface area contributed by atoms with E-state index in [1.54, 1.807) is 48.5 Å². The van der Waals surface area contributed by atoms with Crippen LogP contribution in [0.25, 0.3) is 0 Å². The van der Waals surface area contributed by atoms with E-state index in [1.807, 2.05) is 0 Å². The topological polar surface area (TPSA) is 101 Å². The van der Waals surface area contributed by atoms with Crippen molar-refractivity contribution in [3.05, 3.63) is 64.1 Å². The summed E-state index contributed by atoms with van der Waals surface area (Å²) in [5, 5.41) is 13.7. The van der Waals surface area contributed by atoms with Crippen LogP contribution in [-0.4, -0.2) is 33.5 Å². The highest BCUT2D eigenvalue weighted by atomic mass is 79.9. The number of nitrogens with zero attached hydrogens (tertiary/aromatic N) is 2. The van der Waals surface area contributed by atoms with Gasteiger partial charge in [-0.05, 0) is 55.5 Å². The monoisotopic (exact) mass is 490 g/mol. The summed E-state index contributed by atoms with van der Waals surface area (Å²) >= 11 is 5.74. The minimum absolute atomic E-state index is 0.0299. The van der Waals surface area contributed by atoms with E-state index in [4.69, 9.17) is 0 Å². The predicted octanol–water partition coefficient (Wildman–Crippen LogP) is 4.49. The molecular weight excluding hydrogens is 476 g/mol. The van der Waals surface area contributed by atoms with Crippen LogP contribution in [0.5, 0.6) is 0 Å². The van der Waals surface area contributed by atoms with Gasteiger partial charge in [0, 0.05) is 21.3 Å². The molecule has 2 amide bonds. The van der Waals surface area contributed by atoms with Crippen molar-refractivity contribution >= 4 is 67.4 Å². The first kappa shape index (κ1) is 21.2. The molecule has 0 radical (unpaired) electrons. The smallest absolute Gasteiger partial charge is 0.257 e. The Kier molecular flexibility index (Phi) is 7.13. The van der Waals surface area contributed by atoms with Crippen LogP contribution in [0.1, 0.15) is 27.6 Å². The van der Waals surface area contributed by atoms with Crippen LogP contribution in [0.15, 0.2) is 57.3 Å². The molecule has 3 rings (SSSR count). The van der Waals surface area contributed by atoms with Crippen LogP contribution in [0.4, 0.5) is 10.8 Å². The number of halogens is 1. The summed E-state index contributed by atoms with van der Waals surface area (Å²) in [4.78, 5) is 35.5. The van der Waals surface area contributed by atoms with Gasteiger partial charge in [-0.25, -0.2) is 0 Å². The highest BCUT2D eigenvalue weighted by Gasteiger charge is 2.12. The van der Waals surface area contributed by atoms with Crippen LogP contribution in [0.2, 0.25) is 0 Å². The van der Waals surface area contributed by atoms with Crippen molar-refractivity contribution < 1.29 is 14.4 Å². The molecule has 7 nitrogen and oxygen atoms in total. The Bertz CT molecular complexity index is 1040. The number of benzene rings is 2. The van der Waals surface area contributed by atoms with E-state index in [2.05, 4.69) is 36.8 Å². The van der Waals surface area contributed by atoms with E-state index in [-0.39, 0.29) is 23.4 Å². The Morgan fingerprint density at radius 1 is 0.966 bits per heavy atom. The van der Waals surface area contributed by atoms with Gasteiger partial charge in [0.05, 0.1) is 5.75 Å².